The van der Waals surface area contributed by atoms with E-state index in [2.05, 4.69) is 20.9 Å². The van der Waals surface area contributed by atoms with E-state index in [1.54, 1.807) is 0 Å². The molecule has 3 amide bonds. The first-order valence-corrected chi connectivity index (χ1v) is 5.49. The first-order valence-electron chi connectivity index (χ1n) is 5.49. The second-order valence-corrected chi connectivity index (χ2v) is 3.77. The highest BCUT2D eigenvalue weighted by Gasteiger charge is 2.24. The van der Waals surface area contributed by atoms with Crippen LogP contribution >= 0.6 is 0 Å². The summed E-state index contributed by atoms with van der Waals surface area (Å²) in [5.41, 5.74) is 0. The minimum absolute atomic E-state index is 0.0978. The minimum Gasteiger partial charge on any atom is -0.354 e. The highest BCUT2D eigenvalue weighted by Crippen LogP contribution is 1.91. The smallest absolute Gasteiger partial charge is 0.316 e. The molecule has 1 fully saturated rings. The van der Waals surface area contributed by atoms with E-state index in [9.17, 15) is 14.4 Å². The molecule has 17 heavy (non-hydrogen) atoms. The van der Waals surface area contributed by atoms with E-state index in [0.29, 0.717) is 0 Å². The lowest BCUT2D eigenvalue weighted by Crippen LogP contribution is -2.32. The van der Waals surface area contributed by atoms with Crippen LogP contribution in [0.1, 0.15) is 26.7 Å². The Morgan fingerprint density at radius 2 is 1.94 bits per heavy atom. The quantitative estimate of drug-likeness (QED) is 0.531. The van der Waals surface area contributed by atoms with Crippen molar-refractivity contribution in [3.63, 3.8) is 0 Å². The number of guanidine groups is 1. The van der Waals surface area contributed by atoms with Gasteiger partial charge >= 0.3 is 11.8 Å². The van der Waals surface area contributed by atoms with Gasteiger partial charge in [0.15, 0.2) is 0 Å². The summed E-state index contributed by atoms with van der Waals surface area (Å²) in [4.78, 5) is 36.8. The van der Waals surface area contributed by atoms with Crippen LogP contribution in [0.2, 0.25) is 0 Å². The minimum atomic E-state index is -0.729. The molecule has 1 heterocycles. The molecule has 0 bridgehead atoms. The van der Waals surface area contributed by atoms with Crippen molar-refractivity contribution in [2.45, 2.75) is 32.7 Å². The Morgan fingerprint density at radius 1 is 1.35 bits per heavy atom. The molecule has 1 unspecified atom stereocenters. The highest BCUT2D eigenvalue weighted by molar-refractivity contribution is 6.45. The fraction of sp³-hybridized carbons (Fsp3) is 0.600. The third-order valence-electron chi connectivity index (χ3n) is 2.30. The summed E-state index contributed by atoms with van der Waals surface area (Å²) in [5.74, 6) is -1.45. The van der Waals surface area contributed by atoms with E-state index in [1.807, 2.05) is 13.8 Å². The number of hydrogen-bond donors (Lipinski definition) is 3. The van der Waals surface area contributed by atoms with Crippen molar-refractivity contribution in [3.05, 3.63) is 0 Å². The van der Waals surface area contributed by atoms with Crippen molar-refractivity contribution in [3.8, 4) is 0 Å². The fourth-order valence-corrected chi connectivity index (χ4v) is 1.16. The van der Waals surface area contributed by atoms with Gasteiger partial charge in [0.2, 0.25) is 11.9 Å². The zero-order chi connectivity index (χ0) is 12.8. The average molecular weight is 240 g/mol. The molecule has 3 N–H and O–H groups in total. The van der Waals surface area contributed by atoms with E-state index >= 15 is 0 Å². The Kier molecular flexibility index (Phi) is 4.62. The summed E-state index contributed by atoms with van der Waals surface area (Å²) in [6.07, 6.45) is 1.09. The van der Waals surface area contributed by atoms with Crippen molar-refractivity contribution in [1.29, 1.82) is 0 Å². The number of amides is 3. The van der Waals surface area contributed by atoms with Crippen LogP contribution in [0.15, 0.2) is 4.99 Å². The third kappa shape index (κ3) is 4.21. The molecule has 0 aromatic carbocycles. The number of nitrogens with one attached hydrogen (secondary N) is 3. The maximum absolute atomic E-state index is 11.4. The SMILES string of the molecule is CCC(C)NC(=O)CCN=C1NC(=O)C(=O)N1. The molecule has 1 aliphatic rings. The molecule has 1 saturated heterocycles. The van der Waals surface area contributed by atoms with Gasteiger partial charge in [0.05, 0.1) is 6.54 Å². The molecule has 0 radical (unpaired) electrons. The van der Waals surface area contributed by atoms with Crippen LogP contribution in [0.5, 0.6) is 0 Å². The van der Waals surface area contributed by atoms with Crippen molar-refractivity contribution in [1.82, 2.24) is 16.0 Å². The van der Waals surface area contributed by atoms with Crippen molar-refractivity contribution >= 4 is 23.7 Å². The van der Waals surface area contributed by atoms with Gasteiger partial charge in [-0.25, -0.2) is 0 Å². The average Bonchev–Trinajstić information content (AvgIpc) is 2.58. The Hall–Kier alpha value is -1.92. The van der Waals surface area contributed by atoms with Gasteiger partial charge in [0.25, 0.3) is 0 Å². The fourth-order valence-electron chi connectivity index (χ4n) is 1.16. The van der Waals surface area contributed by atoms with Crippen LogP contribution in [0.3, 0.4) is 0 Å². The molecule has 0 saturated carbocycles. The number of carbonyl (C=O) groups excluding carboxylic acids is 3. The molecule has 0 aromatic heterocycles. The standard InChI is InChI=1S/C10H16N4O3/c1-3-6(2)12-7(15)4-5-11-10-13-8(16)9(17)14-10/h6H,3-5H2,1-2H3,(H,12,15)(H2,11,13,14,16,17). The van der Waals surface area contributed by atoms with Crippen LogP contribution in [0, 0.1) is 0 Å². The first-order chi connectivity index (χ1) is 8.02. The van der Waals surface area contributed by atoms with E-state index in [1.165, 1.54) is 0 Å². The Bertz CT molecular complexity index is 347. The summed E-state index contributed by atoms with van der Waals surface area (Å²) in [5, 5.41) is 7.29. The van der Waals surface area contributed by atoms with Crippen molar-refractivity contribution in [2.75, 3.05) is 6.54 Å². The molecule has 7 heteroatoms. The molecular weight excluding hydrogens is 224 g/mol. The van der Waals surface area contributed by atoms with E-state index in [4.69, 9.17) is 0 Å². The normalized spacial score (nSPS) is 16.2. The maximum atomic E-state index is 11.4. The predicted octanol–water partition coefficient (Wildman–Crippen LogP) is -1.11. The number of nitrogens with zero attached hydrogens (tertiary/aromatic N) is 1. The van der Waals surface area contributed by atoms with Crippen LogP contribution in [-0.2, 0) is 14.4 Å². The maximum Gasteiger partial charge on any atom is 0.316 e. The number of carbonyl (C=O) groups is 3. The van der Waals surface area contributed by atoms with Gasteiger partial charge in [0, 0.05) is 12.5 Å². The Morgan fingerprint density at radius 3 is 2.47 bits per heavy atom. The number of aliphatic imine (C=N–C) groups is 1. The summed E-state index contributed by atoms with van der Waals surface area (Å²) < 4.78 is 0. The molecule has 1 aliphatic heterocycles. The van der Waals surface area contributed by atoms with Gasteiger partial charge in [-0.15, -0.1) is 0 Å². The largest absolute Gasteiger partial charge is 0.354 e. The van der Waals surface area contributed by atoms with Crippen LogP contribution in [0.25, 0.3) is 0 Å². The number of rotatable bonds is 5. The topological polar surface area (TPSA) is 99.7 Å². The van der Waals surface area contributed by atoms with Crippen molar-refractivity contribution < 1.29 is 14.4 Å². The molecule has 1 rings (SSSR count). The third-order valence-corrected chi connectivity index (χ3v) is 2.30. The van der Waals surface area contributed by atoms with E-state index in [0.717, 1.165) is 6.42 Å². The molecule has 1 atom stereocenters. The Labute approximate surface area is 99.0 Å². The molecule has 0 spiro atoms. The lowest BCUT2D eigenvalue weighted by molar-refractivity contribution is -0.135. The zero-order valence-corrected chi connectivity index (χ0v) is 9.87. The van der Waals surface area contributed by atoms with E-state index < -0.39 is 11.8 Å². The molecule has 0 aliphatic carbocycles. The van der Waals surface area contributed by atoms with Crippen LogP contribution in [0.4, 0.5) is 0 Å². The number of hydrogen-bond acceptors (Lipinski definition) is 4. The van der Waals surface area contributed by atoms with Crippen molar-refractivity contribution in [2.24, 2.45) is 4.99 Å². The highest BCUT2D eigenvalue weighted by atomic mass is 16.2. The summed E-state index contributed by atoms with van der Waals surface area (Å²) in [6.45, 7) is 4.12. The monoisotopic (exact) mass is 240 g/mol. The summed E-state index contributed by atoms with van der Waals surface area (Å²) >= 11 is 0. The van der Waals surface area contributed by atoms with Gasteiger partial charge < -0.3 is 5.32 Å². The molecule has 7 nitrogen and oxygen atoms in total. The molecule has 94 valence electrons. The summed E-state index contributed by atoms with van der Waals surface area (Å²) in [6, 6.07) is 0.140. The summed E-state index contributed by atoms with van der Waals surface area (Å²) in [7, 11) is 0. The lowest BCUT2D eigenvalue weighted by Gasteiger charge is -2.10. The Balaban J connectivity index is 2.28. The first kappa shape index (κ1) is 13.1. The van der Waals surface area contributed by atoms with Gasteiger partial charge in [0.1, 0.15) is 0 Å². The zero-order valence-electron chi connectivity index (χ0n) is 9.87. The lowest BCUT2D eigenvalue weighted by atomic mass is 10.2. The van der Waals surface area contributed by atoms with Gasteiger partial charge in [-0.2, -0.15) is 0 Å². The van der Waals surface area contributed by atoms with Gasteiger partial charge in [-0.05, 0) is 13.3 Å². The molecular formula is C10H16N4O3. The second-order valence-electron chi connectivity index (χ2n) is 3.77. The second kappa shape index (κ2) is 5.97. The van der Waals surface area contributed by atoms with Crippen LogP contribution in [-0.4, -0.2) is 36.3 Å². The molecule has 0 aromatic rings. The van der Waals surface area contributed by atoms with Gasteiger partial charge in [-0.1, -0.05) is 6.92 Å². The predicted molar refractivity (Wildman–Crippen MR) is 61.1 cm³/mol. The van der Waals surface area contributed by atoms with E-state index in [-0.39, 0.29) is 30.9 Å². The van der Waals surface area contributed by atoms with Gasteiger partial charge in [-0.3, -0.25) is 30.0 Å². The van der Waals surface area contributed by atoms with Crippen LogP contribution < -0.4 is 16.0 Å².